The highest BCUT2D eigenvalue weighted by Gasteiger charge is 2.13. The first-order valence-corrected chi connectivity index (χ1v) is 9.98. The van der Waals surface area contributed by atoms with E-state index >= 15 is 0 Å². The number of benzene rings is 1. The van der Waals surface area contributed by atoms with Gasteiger partial charge in [-0.1, -0.05) is 12.8 Å². The van der Waals surface area contributed by atoms with Crippen LogP contribution < -0.4 is 16.7 Å². The normalized spacial score (nSPS) is 11.0. The van der Waals surface area contributed by atoms with Gasteiger partial charge in [-0.3, -0.25) is 4.79 Å². The fraction of sp³-hybridized carbons (Fsp3) is 0.500. The van der Waals surface area contributed by atoms with Gasteiger partial charge in [0, 0.05) is 36.2 Å². The van der Waals surface area contributed by atoms with Gasteiger partial charge in [0.05, 0.1) is 19.8 Å². The first-order chi connectivity index (χ1) is 13.6. The molecule has 3 N–H and O–H groups in total. The number of carbonyl (C=O) groups is 1. The molecule has 7 nitrogen and oxygen atoms in total. The summed E-state index contributed by atoms with van der Waals surface area (Å²) >= 11 is 5.62. The number of hydrogen-bond donors (Lipinski definition) is 2. The fourth-order valence-corrected chi connectivity index (χ4v) is 2.78. The maximum absolute atomic E-state index is 12.2. The van der Waals surface area contributed by atoms with Crippen LogP contribution >= 0.6 is 11.6 Å². The van der Waals surface area contributed by atoms with Gasteiger partial charge in [0.15, 0.2) is 0 Å². The largest absolute Gasteiger partial charge is 0.422 e. The minimum absolute atomic E-state index is 0.0465. The van der Waals surface area contributed by atoms with Gasteiger partial charge in [-0.25, -0.2) is 4.79 Å². The Hall–Kier alpha value is -2.09. The predicted octanol–water partition coefficient (Wildman–Crippen LogP) is 2.94. The molecule has 0 aliphatic carbocycles. The van der Waals surface area contributed by atoms with Crippen LogP contribution in [0.3, 0.4) is 0 Å². The molecule has 1 aromatic heterocycles. The molecule has 0 aliphatic rings. The van der Waals surface area contributed by atoms with Crippen LogP contribution in [0.4, 0.5) is 5.69 Å². The number of fused-ring (bicyclic) bond motifs is 1. The quantitative estimate of drug-likeness (QED) is 0.228. The van der Waals surface area contributed by atoms with Gasteiger partial charge in [0.2, 0.25) is 0 Å². The van der Waals surface area contributed by atoms with Crippen LogP contribution in [0.2, 0.25) is 0 Å². The molecule has 0 bridgehead atoms. The number of ether oxygens (including phenoxy) is 2. The van der Waals surface area contributed by atoms with Crippen LogP contribution in [0.1, 0.15) is 36.0 Å². The zero-order valence-corrected chi connectivity index (χ0v) is 16.6. The fourth-order valence-electron chi connectivity index (χ4n) is 2.59. The number of alkyl halides is 1. The zero-order valence-electron chi connectivity index (χ0n) is 15.9. The van der Waals surface area contributed by atoms with E-state index in [2.05, 4.69) is 5.32 Å². The van der Waals surface area contributed by atoms with Crippen LogP contribution in [0, 0.1) is 0 Å². The predicted molar refractivity (Wildman–Crippen MR) is 110 cm³/mol. The van der Waals surface area contributed by atoms with Gasteiger partial charge in [-0.05, 0) is 31.0 Å². The third-order valence-electron chi connectivity index (χ3n) is 4.08. The van der Waals surface area contributed by atoms with E-state index < -0.39 is 11.5 Å². The number of halogens is 1. The Morgan fingerprint density at radius 2 is 1.79 bits per heavy atom. The number of amides is 1. The highest BCUT2D eigenvalue weighted by Crippen LogP contribution is 2.16. The number of carbonyl (C=O) groups excluding carboxylic acids is 1. The Bertz CT molecular complexity index is 809. The highest BCUT2D eigenvalue weighted by molar-refractivity contribution is 6.17. The monoisotopic (exact) mass is 410 g/mol. The number of nitrogen functional groups attached to an aromatic ring is 1. The Balaban J connectivity index is 1.61. The number of rotatable bonds is 13. The molecule has 0 unspecified atom stereocenters. The summed E-state index contributed by atoms with van der Waals surface area (Å²) in [6.45, 7) is 2.31. The van der Waals surface area contributed by atoms with Crippen LogP contribution in [0.25, 0.3) is 11.0 Å². The Morgan fingerprint density at radius 1 is 1.04 bits per heavy atom. The Kier molecular flexibility index (Phi) is 9.82. The van der Waals surface area contributed by atoms with E-state index in [0.29, 0.717) is 49.0 Å². The molecule has 0 spiro atoms. The van der Waals surface area contributed by atoms with E-state index in [1.54, 1.807) is 18.2 Å². The van der Waals surface area contributed by atoms with Gasteiger partial charge in [-0.2, -0.15) is 0 Å². The molecule has 1 heterocycles. The molecule has 1 aromatic carbocycles. The lowest BCUT2D eigenvalue weighted by atomic mass is 10.1. The van der Waals surface area contributed by atoms with Crippen molar-refractivity contribution in [3.05, 3.63) is 40.2 Å². The van der Waals surface area contributed by atoms with Crippen molar-refractivity contribution in [2.24, 2.45) is 0 Å². The molecule has 0 fully saturated rings. The minimum atomic E-state index is -0.698. The molecule has 0 aliphatic heterocycles. The molecule has 0 saturated heterocycles. The Labute approximate surface area is 169 Å². The molecule has 0 atom stereocenters. The third kappa shape index (κ3) is 7.50. The van der Waals surface area contributed by atoms with Crippen LogP contribution in [0.5, 0.6) is 0 Å². The second-order valence-corrected chi connectivity index (χ2v) is 6.71. The van der Waals surface area contributed by atoms with Crippen LogP contribution in [-0.2, 0) is 9.47 Å². The second kappa shape index (κ2) is 12.4. The van der Waals surface area contributed by atoms with E-state index in [1.807, 2.05) is 0 Å². The number of nitrogens with one attached hydrogen (secondary N) is 1. The van der Waals surface area contributed by atoms with E-state index in [4.69, 9.17) is 31.2 Å². The summed E-state index contributed by atoms with van der Waals surface area (Å²) in [5, 5.41) is 3.28. The van der Waals surface area contributed by atoms with Gasteiger partial charge < -0.3 is 24.9 Å². The van der Waals surface area contributed by atoms with Crippen molar-refractivity contribution in [1.82, 2.24) is 5.32 Å². The van der Waals surface area contributed by atoms with Crippen molar-refractivity contribution in [1.29, 1.82) is 0 Å². The standard InChI is InChI=1S/C20H27ClN2O5/c21-7-3-1-2-4-9-26-11-12-27-10-8-23-19(24)17-13-15-5-6-16(22)14-18(15)28-20(17)25/h5-6,13-14H,1-4,7-12,22H2,(H,23,24). The highest BCUT2D eigenvalue weighted by atomic mass is 35.5. The molecular weight excluding hydrogens is 384 g/mol. The molecular formula is C20H27ClN2O5. The molecule has 2 aromatic rings. The summed E-state index contributed by atoms with van der Waals surface area (Å²) in [6, 6.07) is 6.43. The lowest BCUT2D eigenvalue weighted by Gasteiger charge is -2.07. The van der Waals surface area contributed by atoms with Gasteiger partial charge in [0.25, 0.3) is 5.91 Å². The molecule has 0 radical (unpaired) electrons. The first kappa shape index (κ1) is 22.2. The maximum atomic E-state index is 12.2. The smallest absolute Gasteiger partial charge is 0.349 e. The maximum Gasteiger partial charge on any atom is 0.349 e. The zero-order chi connectivity index (χ0) is 20.2. The average molecular weight is 411 g/mol. The van der Waals surface area contributed by atoms with Gasteiger partial charge >= 0.3 is 5.63 Å². The molecule has 28 heavy (non-hydrogen) atoms. The van der Waals surface area contributed by atoms with Crippen molar-refractivity contribution in [2.45, 2.75) is 25.7 Å². The van der Waals surface area contributed by atoms with E-state index in [-0.39, 0.29) is 12.1 Å². The van der Waals surface area contributed by atoms with Gasteiger partial charge in [-0.15, -0.1) is 11.6 Å². The SMILES string of the molecule is Nc1ccc2cc(C(=O)NCCOCCOCCCCCCCl)c(=O)oc2c1. The number of nitrogens with two attached hydrogens (primary N) is 1. The second-order valence-electron chi connectivity index (χ2n) is 6.33. The summed E-state index contributed by atoms with van der Waals surface area (Å²) in [5.74, 6) is 0.218. The lowest BCUT2D eigenvalue weighted by Crippen LogP contribution is -2.31. The molecule has 8 heteroatoms. The first-order valence-electron chi connectivity index (χ1n) is 9.45. The van der Waals surface area contributed by atoms with Crippen molar-refractivity contribution in [3.8, 4) is 0 Å². The topological polar surface area (TPSA) is 104 Å². The van der Waals surface area contributed by atoms with Gasteiger partial charge in [0.1, 0.15) is 11.1 Å². The number of unbranched alkanes of at least 4 members (excludes halogenated alkanes) is 3. The van der Waals surface area contributed by atoms with Crippen LogP contribution in [-0.4, -0.2) is 44.8 Å². The van der Waals surface area contributed by atoms with Crippen molar-refractivity contribution < 1.29 is 18.7 Å². The van der Waals surface area contributed by atoms with E-state index in [1.165, 1.54) is 6.07 Å². The third-order valence-corrected chi connectivity index (χ3v) is 4.35. The van der Waals surface area contributed by atoms with Crippen molar-refractivity contribution in [2.75, 3.05) is 44.6 Å². The lowest BCUT2D eigenvalue weighted by molar-refractivity contribution is 0.0468. The summed E-state index contributed by atoms with van der Waals surface area (Å²) in [5.41, 5.74) is 5.75. The van der Waals surface area contributed by atoms with Crippen molar-refractivity contribution in [3.63, 3.8) is 0 Å². The summed E-state index contributed by atoms with van der Waals surface area (Å²) in [7, 11) is 0. The van der Waals surface area contributed by atoms with E-state index in [9.17, 15) is 9.59 Å². The number of anilines is 1. The minimum Gasteiger partial charge on any atom is -0.422 e. The molecule has 0 saturated carbocycles. The van der Waals surface area contributed by atoms with Crippen LogP contribution in [0.15, 0.2) is 33.5 Å². The summed E-state index contributed by atoms with van der Waals surface area (Å²) in [6.07, 6.45) is 4.32. The average Bonchev–Trinajstić information content (AvgIpc) is 2.68. The molecule has 2 rings (SSSR count). The van der Waals surface area contributed by atoms with E-state index in [0.717, 1.165) is 25.7 Å². The number of hydrogen-bond acceptors (Lipinski definition) is 6. The summed E-state index contributed by atoms with van der Waals surface area (Å²) in [4.78, 5) is 24.2. The summed E-state index contributed by atoms with van der Waals surface area (Å²) < 4.78 is 16.0. The Morgan fingerprint density at radius 3 is 2.57 bits per heavy atom. The molecule has 154 valence electrons. The van der Waals surface area contributed by atoms with Crippen molar-refractivity contribution >= 4 is 34.2 Å². The molecule has 1 amide bonds.